The van der Waals surface area contributed by atoms with Gasteiger partial charge < -0.3 is 14.7 Å². The largest absolute Gasteiger partial charge is 0.396 e. The molecule has 1 aromatic carbocycles. The molecule has 2 fully saturated rings. The van der Waals surface area contributed by atoms with Gasteiger partial charge in [0.2, 0.25) is 0 Å². The van der Waals surface area contributed by atoms with E-state index in [2.05, 4.69) is 17.0 Å². The molecule has 0 spiro atoms. The molecule has 0 bridgehead atoms. The Bertz CT molecular complexity index is 577. The van der Waals surface area contributed by atoms with E-state index in [9.17, 15) is 9.90 Å². The molecule has 5 heteroatoms. The van der Waals surface area contributed by atoms with Crippen LogP contribution in [0.3, 0.4) is 0 Å². The van der Waals surface area contributed by atoms with Crippen molar-refractivity contribution in [1.82, 2.24) is 9.80 Å². The van der Waals surface area contributed by atoms with E-state index in [0.29, 0.717) is 32.2 Å². The van der Waals surface area contributed by atoms with Gasteiger partial charge in [0.1, 0.15) is 0 Å². The average molecular weight is 346 g/mol. The zero-order valence-corrected chi connectivity index (χ0v) is 15.4. The van der Waals surface area contributed by atoms with E-state index in [1.807, 2.05) is 30.9 Å². The van der Waals surface area contributed by atoms with Crippen LogP contribution in [0.5, 0.6) is 0 Å². The van der Waals surface area contributed by atoms with Crippen LogP contribution in [0.15, 0.2) is 24.3 Å². The number of hydrogen-bond donors (Lipinski definition) is 1. The molecule has 1 amide bonds. The van der Waals surface area contributed by atoms with Crippen LogP contribution in [-0.4, -0.2) is 65.8 Å². The van der Waals surface area contributed by atoms with Crippen molar-refractivity contribution in [2.45, 2.75) is 38.8 Å². The quantitative estimate of drug-likeness (QED) is 0.908. The third kappa shape index (κ3) is 4.81. The van der Waals surface area contributed by atoms with Crippen molar-refractivity contribution in [3.05, 3.63) is 35.4 Å². The molecule has 25 heavy (non-hydrogen) atoms. The highest BCUT2D eigenvalue weighted by molar-refractivity contribution is 5.94. The summed E-state index contributed by atoms with van der Waals surface area (Å²) in [7, 11) is 0. The summed E-state index contributed by atoms with van der Waals surface area (Å²) in [5, 5.41) is 9.23. The van der Waals surface area contributed by atoms with Crippen molar-refractivity contribution in [3.8, 4) is 0 Å². The molecule has 138 valence electrons. The molecule has 5 nitrogen and oxygen atoms in total. The number of amides is 1. The number of benzene rings is 1. The number of carbonyl (C=O) groups is 1. The number of rotatable bonds is 4. The maximum Gasteiger partial charge on any atom is 0.254 e. The predicted molar refractivity (Wildman–Crippen MR) is 97.5 cm³/mol. The van der Waals surface area contributed by atoms with Gasteiger partial charge in [0.15, 0.2) is 0 Å². The van der Waals surface area contributed by atoms with E-state index >= 15 is 0 Å². The lowest BCUT2D eigenvalue weighted by Crippen LogP contribution is -2.50. The number of aliphatic hydroxyl groups is 1. The van der Waals surface area contributed by atoms with Crippen LogP contribution in [-0.2, 0) is 11.3 Å². The first-order chi connectivity index (χ1) is 12.0. The van der Waals surface area contributed by atoms with Gasteiger partial charge in [0.25, 0.3) is 5.91 Å². The number of piperidine rings is 1. The summed E-state index contributed by atoms with van der Waals surface area (Å²) in [6, 6.07) is 8.02. The zero-order chi connectivity index (χ0) is 17.9. The van der Waals surface area contributed by atoms with Gasteiger partial charge in [0, 0.05) is 31.8 Å². The first-order valence-corrected chi connectivity index (χ1v) is 9.32. The Kier molecular flexibility index (Phi) is 5.77. The molecule has 0 saturated carbocycles. The number of likely N-dealkylation sites (tertiary alicyclic amines) is 1. The van der Waals surface area contributed by atoms with Gasteiger partial charge >= 0.3 is 0 Å². The molecule has 1 N–H and O–H groups in total. The van der Waals surface area contributed by atoms with Gasteiger partial charge in [-0.3, -0.25) is 9.69 Å². The van der Waals surface area contributed by atoms with Gasteiger partial charge in [-0.25, -0.2) is 0 Å². The van der Waals surface area contributed by atoms with E-state index in [0.717, 1.165) is 38.0 Å². The molecule has 2 aliphatic heterocycles. The molecule has 2 aliphatic rings. The number of ether oxygens (including phenoxy) is 1. The van der Waals surface area contributed by atoms with Gasteiger partial charge in [-0.1, -0.05) is 12.1 Å². The Hall–Kier alpha value is -1.43. The minimum Gasteiger partial charge on any atom is -0.396 e. The van der Waals surface area contributed by atoms with E-state index in [-0.39, 0.29) is 11.5 Å². The third-order valence-corrected chi connectivity index (χ3v) is 5.29. The maximum atomic E-state index is 12.7. The first kappa shape index (κ1) is 18.4. The van der Waals surface area contributed by atoms with Crippen molar-refractivity contribution in [3.63, 3.8) is 0 Å². The van der Waals surface area contributed by atoms with Crippen LogP contribution in [0.1, 0.15) is 42.6 Å². The number of carbonyl (C=O) groups excluding carboxylic acids is 1. The van der Waals surface area contributed by atoms with Gasteiger partial charge in [-0.2, -0.15) is 0 Å². The fraction of sp³-hybridized carbons (Fsp3) is 0.650. The molecule has 0 unspecified atom stereocenters. The smallest absolute Gasteiger partial charge is 0.254 e. The van der Waals surface area contributed by atoms with Crippen LogP contribution >= 0.6 is 0 Å². The molecular weight excluding hydrogens is 316 g/mol. The van der Waals surface area contributed by atoms with Crippen LogP contribution in [0.25, 0.3) is 0 Å². The fourth-order valence-electron chi connectivity index (χ4n) is 3.71. The lowest BCUT2D eigenvalue weighted by molar-refractivity contribution is -0.0764. The van der Waals surface area contributed by atoms with Crippen molar-refractivity contribution in [2.24, 2.45) is 5.92 Å². The normalized spacial score (nSPS) is 22.1. The average Bonchev–Trinajstić information content (AvgIpc) is 2.61. The standard InChI is InChI=1S/C20H30N2O3/c1-20(2)15-22(11-12-25-20)19(24)18-5-3-16(4-6-18)13-21-9-7-17(14-23)8-10-21/h3-6,17,23H,7-15H2,1-2H3. The van der Waals surface area contributed by atoms with Gasteiger partial charge in [0.05, 0.1) is 12.2 Å². The van der Waals surface area contributed by atoms with E-state index in [1.54, 1.807) is 0 Å². The summed E-state index contributed by atoms with van der Waals surface area (Å²) in [5.41, 5.74) is 1.72. The Morgan fingerprint density at radius 3 is 2.48 bits per heavy atom. The second-order valence-electron chi connectivity index (χ2n) is 7.93. The van der Waals surface area contributed by atoms with Crippen LogP contribution < -0.4 is 0 Å². The van der Waals surface area contributed by atoms with Crippen molar-refractivity contribution in [2.75, 3.05) is 39.4 Å². The SMILES string of the molecule is CC1(C)CN(C(=O)c2ccc(CN3CCC(CO)CC3)cc2)CCO1. The lowest BCUT2D eigenvalue weighted by Gasteiger charge is -2.38. The second-order valence-corrected chi connectivity index (χ2v) is 7.93. The molecule has 0 radical (unpaired) electrons. The highest BCUT2D eigenvalue weighted by Crippen LogP contribution is 2.20. The monoisotopic (exact) mass is 346 g/mol. The Morgan fingerprint density at radius 1 is 1.20 bits per heavy atom. The highest BCUT2D eigenvalue weighted by Gasteiger charge is 2.30. The van der Waals surface area contributed by atoms with Crippen molar-refractivity contribution in [1.29, 1.82) is 0 Å². The number of morpholine rings is 1. The van der Waals surface area contributed by atoms with Crippen LogP contribution in [0.4, 0.5) is 0 Å². The van der Waals surface area contributed by atoms with Crippen molar-refractivity contribution >= 4 is 5.91 Å². The summed E-state index contributed by atoms with van der Waals surface area (Å²) >= 11 is 0. The van der Waals surface area contributed by atoms with E-state index in [4.69, 9.17) is 4.74 Å². The topological polar surface area (TPSA) is 53.0 Å². The minimum atomic E-state index is -0.269. The van der Waals surface area contributed by atoms with Gasteiger partial charge in [-0.05, 0) is 63.4 Å². The number of nitrogens with zero attached hydrogens (tertiary/aromatic N) is 2. The summed E-state index contributed by atoms with van der Waals surface area (Å²) < 4.78 is 5.69. The summed E-state index contributed by atoms with van der Waals surface area (Å²) in [4.78, 5) is 17.0. The highest BCUT2D eigenvalue weighted by atomic mass is 16.5. The molecule has 2 saturated heterocycles. The molecule has 3 rings (SSSR count). The van der Waals surface area contributed by atoms with E-state index < -0.39 is 0 Å². The predicted octanol–water partition coefficient (Wildman–Crippen LogP) is 2.14. The maximum absolute atomic E-state index is 12.7. The van der Waals surface area contributed by atoms with Gasteiger partial charge in [-0.15, -0.1) is 0 Å². The molecule has 0 atom stereocenters. The lowest BCUT2D eigenvalue weighted by atomic mass is 9.97. The summed E-state index contributed by atoms with van der Waals surface area (Å²) in [6.07, 6.45) is 2.14. The van der Waals surface area contributed by atoms with E-state index in [1.165, 1.54) is 5.56 Å². The van der Waals surface area contributed by atoms with Crippen LogP contribution in [0.2, 0.25) is 0 Å². The summed E-state index contributed by atoms with van der Waals surface area (Å²) in [6.45, 7) is 9.23. The Morgan fingerprint density at radius 2 is 1.88 bits per heavy atom. The summed E-state index contributed by atoms with van der Waals surface area (Å²) in [5.74, 6) is 0.556. The third-order valence-electron chi connectivity index (χ3n) is 5.29. The molecule has 0 aliphatic carbocycles. The molecule has 2 heterocycles. The number of hydrogen-bond acceptors (Lipinski definition) is 4. The fourth-order valence-corrected chi connectivity index (χ4v) is 3.71. The van der Waals surface area contributed by atoms with Crippen molar-refractivity contribution < 1.29 is 14.6 Å². The zero-order valence-electron chi connectivity index (χ0n) is 15.4. The van der Waals surface area contributed by atoms with Crippen LogP contribution in [0, 0.1) is 5.92 Å². The Labute approximate surface area is 150 Å². The molecule has 1 aromatic rings. The molecular formula is C20H30N2O3. The Balaban J connectivity index is 1.56. The first-order valence-electron chi connectivity index (χ1n) is 9.32. The number of aliphatic hydroxyl groups excluding tert-OH is 1. The molecule has 0 aromatic heterocycles. The minimum absolute atomic E-state index is 0.0895. The second kappa shape index (κ2) is 7.85.